The fraction of sp³-hybridized carbons (Fsp3) is 0.568. The van der Waals surface area contributed by atoms with Crippen LogP contribution >= 0.6 is 11.6 Å². The molecule has 3 aliphatic carbocycles. The molecule has 13 heteroatoms. The van der Waals surface area contributed by atoms with E-state index in [0.29, 0.717) is 42.2 Å². The zero-order valence-corrected chi connectivity index (χ0v) is 30.0. The summed E-state index contributed by atoms with van der Waals surface area (Å²) in [6.45, 7) is 3.76. The van der Waals surface area contributed by atoms with Crippen molar-refractivity contribution in [1.82, 2.24) is 10.0 Å². The van der Waals surface area contributed by atoms with E-state index in [1.165, 1.54) is 11.1 Å². The zero-order chi connectivity index (χ0) is 35.2. The Balaban J connectivity index is 1.26. The van der Waals surface area contributed by atoms with Crippen molar-refractivity contribution in [2.45, 2.75) is 75.9 Å². The molecule has 2 aromatic rings. The first-order valence-corrected chi connectivity index (χ1v) is 19.7. The first-order valence-electron chi connectivity index (χ1n) is 17.6. The van der Waals surface area contributed by atoms with E-state index in [2.05, 4.69) is 37.5 Å². The number of ether oxygens (including phenoxy) is 2. The Morgan fingerprint density at radius 2 is 2.06 bits per heavy atom. The molecule has 2 aromatic carbocycles. The summed E-state index contributed by atoms with van der Waals surface area (Å²) in [5.74, 6) is -0.692. The quantitative estimate of drug-likeness (QED) is 0.331. The number of halogens is 3. The van der Waals surface area contributed by atoms with Gasteiger partial charge in [-0.2, -0.15) is 0 Å². The van der Waals surface area contributed by atoms with Crippen LogP contribution in [0.5, 0.6) is 5.75 Å². The number of carbonyl (C=O) groups is 2. The van der Waals surface area contributed by atoms with E-state index in [4.69, 9.17) is 21.1 Å². The SMILES string of the molecule is CO[C@H]1/C=C/C[C@H](C)C[S@@](=O)(NC(=O)N[C@H]2C[C@@H]2C(F)F)=NC(=O)c2ccc3c(c2)N(C[C@@H]2CC[C@H]21)C[C@@]1(CCCc2cc(Cl)ccc21)CO3. The van der Waals surface area contributed by atoms with Gasteiger partial charge in [0.25, 0.3) is 5.91 Å². The fourth-order valence-electron chi connectivity index (χ4n) is 8.37. The number of amides is 3. The monoisotopic (exact) mass is 730 g/mol. The van der Waals surface area contributed by atoms with Gasteiger partial charge >= 0.3 is 6.03 Å². The van der Waals surface area contributed by atoms with Gasteiger partial charge in [-0.25, -0.2) is 17.8 Å². The van der Waals surface area contributed by atoms with Crippen molar-refractivity contribution in [3.8, 4) is 5.75 Å². The molecule has 9 nitrogen and oxygen atoms in total. The molecule has 7 rings (SSSR count). The van der Waals surface area contributed by atoms with E-state index in [0.717, 1.165) is 44.3 Å². The molecule has 2 heterocycles. The number of rotatable bonds is 4. The molecule has 0 unspecified atom stereocenters. The Hall–Kier alpha value is -3.22. The van der Waals surface area contributed by atoms with Gasteiger partial charge in [0.15, 0.2) is 0 Å². The predicted octanol–water partition coefficient (Wildman–Crippen LogP) is 6.93. The van der Waals surface area contributed by atoms with E-state index in [1.54, 1.807) is 25.3 Å². The molecule has 2 bridgehead atoms. The highest BCUT2D eigenvalue weighted by atomic mass is 35.5. The lowest BCUT2D eigenvalue weighted by atomic mass is 9.68. The number of fused-ring (bicyclic) bond motifs is 4. The Kier molecular flexibility index (Phi) is 9.90. The van der Waals surface area contributed by atoms with Crippen molar-refractivity contribution < 1.29 is 32.1 Å². The molecular weight excluding hydrogens is 686 g/mol. The fourth-order valence-corrected chi connectivity index (χ4v) is 10.4. The van der Waals surface area contributed by atoms with Crippen LogP contribution < -0.4 is 19.7 Å². The highest BCUT2D eigenvalue weighted by Crippen LogP contribution is 2.47. The minimum absolute atomic E-state index is 0.102. The van der Waals surface area contributed by atoms with E-state index in [9.17, 15) is 22.6 Å². The van der Waals surface area contributed by atoms with Gasteiger partial charge in [-0.15, -0.1) is 4.36 Å². The summed E-state index contributed by atoms with van der Waals surface area (Å²) in [4.78, 5) is 29.1. The molecule has 2 aliphatic heterocycles. The average Bonchev–Trinajstić information content (AvgIpc) is 3.84. The number of nitrogens with one attached hydrogen (secondary N) is 2. The average molecular weight is 731 g/mol. The predicted molar refractivity (Wildman–Crippen MR) is 189 cm³/mol. The summed E-state index contributed by atoms with van der Waals surface area (Å²) in [6, 6.07) is 9.71. The van der Waals surface area contributed by atoms with E-state index < -0.39 is 40.2 Å². The molecule has 8 atom stereocenters. The number of aryl methyl sites for hydroxylation is 1. The van der Waals surface area contributed by atoms with Gasteiger partial charge in [-0.1, -0.05) is 36.7 Å². The van der Waals surface area contributed by atoms with Crippen molar-refractivity contribution in [3.63, 3.8) is 0 Å². The van der Waals surface area contributed by atoms with Gasteiger partial charge in [-0.3, -0.25) is 9.52 Å². The minimum Gasteiger partial charge on any atom is -0.490 e. The molecule has 5 aliphatic rings. The van der Waals surface area contributed by atoms with Crippen LogP contribution in [0.4, 0.5) is 19.3 Å². The Labute approximate surface area is 297 Å². The number of carbonyl (C=O) groups excluding carboxylic acids is 2. The van der Waals surface area contributed by atoms with Crippen LogP contribution in [0.3, 0.4) is 0 Å². The summed E-state index contributed by atoms with van der Waals surface area (Å²) < 4.78 is 59.6. The van der Waals surface area contributed by atoms with Crippen molar-refractivity contribution in [3.05, 3.63) is 70.3 Å². The number of urea groups is 1. The maximum absolute atomic E-state index is 14.3. The van der Waals surface area contributed by atoms with Crippen LogP contribution in [0.2, 0.25) is 5.02 Å². The van der Waals surface area contributed by atoms with Crippen LogP contribution in [0.25, 0.3) is 0 Å². The number of benzene rings is 2. The summed E-state index contributed by atoms with van der Waals surface area (Å²) in [7, 11) is -1.92. The van der Waals surface area contributed by atoms with Gasteiger partial charge in [0.2, 0.25) is 6.43 Å². The number of hydrogen-bond donors (Lipinski definition) is 2. The Morgan fingerprint density at radius 1 is 1.22 bits per heavy atom. The largest absolute Gasteiger partial charge is 0.490 e. The molecule has 3 amide bonds. The number of alkyl halides is 2. The van der Waals surface area contributed by atoms with Gasteiger partial charge in [0.1, 0.15) is 15.7 Å². The number of methoxy groups -OCH3 is 1. The topological polar surface area (TPSA) is 109 Å². The summed E-state index contributed by atoms with van der Waals surface area (Å²) in [5.41, 5.74) is 3.17. The number of nitrogens with zero attached hydrogens (tertiary/aromatic N) is 2. The maximum atomic E-state index is 14.3. The third-order valence-corrected chi connectivity index (χ3v) is 13.5. The molecule has 1 spiro atoms. The lowest BCUT2D eigenvalue weighted by molar-refractivity contribution is 0.0131. The highest BCUT2D eigenvalue weighted by molar-refractivity contribution is 7.92. The van der Waals surface area contributed by atoms with Gasteiger partial charge in [0.05, 0.1) is 24.2 Å². The molecule has 2 fully saturated rings. The molecular formula is C37H45ClF2N4O5S. The smallest absolute Gasteiger partial charge is 0.327 e. The Bertz CT molecular complexity index is 1800. The first kappa shape index (κ1) is 35.2. The number of hydrogen-bond acceptors (Lipinski definition) is 6. The lowest BCUT2D eigenvalue weighted by Crippen LogP contribution is -2.49. The van der Waals surface area contributed by atoms with Gasteiger partial charge < -0.3 is 19.7 Å². The summed E-state index contributed by atoms with van der Waals surface area (Å²) in [5, 5.41) is 3.19. The maximum Gasteiger partial charge on any atom is 0.327 e. The van der Waals surface area contributed by atoms with Gasteiger partial charge in [0, 0.05) is 48.2 Å². The van der Waals surface area contributed by atoms with Crippen molar-refractivity contribution in [2.24, 2.45) is 28.0 Å². The lowest BCUT2D eigenvalue weighted by Gasteiger charge is -2.46. The van der Waals surface area contributed by atoms with Crippen LogP contribution in [-0.4, -0.2) is 67.3 Å². The van der Waals surface area contributed by atoms with Crippen LogP contribution in [0.1, 0.15) is 66.9 Å². The molecule has 0 aromatic heterocycles. The second-order valence-corrected chi connectivity index (χ2v) is 17.3. The van der Waals surface area contributed by atoms with Crippen molar-refractivity contribution in [1.29, 1.82) is 0 Å². The third-order valence-electron chi connectivity index (χ3n) is 11.2. The normalized spacial score (nSPS) is 34.3. The van der Waals surface area contributed by atoms with Crippen LogP contribution in [0, 0.1) is 23.7 Å². The second-order valence-electron chi connectivity index (χ2n) is 14.9. The zero-order valence-electron chi connectivity index (χ0n) is 28.4. The molecule has 0 radical (unpaired) electrons. The van der Waals surface area contributed by atoms with Crippen LogP contribution in [0.15, 0.2) is 52.9 Å². The number of anilines is 1. The van der Waals surface area contributed by atoms with E-state index in [-0.39, 0.29) is 35.2 Å². The third kappa shape index (κ3) is 7.25. The highest BCUT2D eigenvalue weighted by Gasteiger charge is 2.46. The summed E-state index contributed by atoms with van der Waals surface area (Å²) in [6.07, 6.45) is 7.07. The molecule has 2 saturated carbocycles. The van der Waals surface area contributed by atoms with E-state index in [1.807, 2.05) is 19.1 Å². The molecule has 50 heavy (non-hydrogen) atoms. The molecule has 2 N–H and O–H groups in total. The molecule has 0 saturated heterocycles. The Morgan fingerprint density at radius 3 is 2.80 bits per heavy atom. The van der Waals surface area contributed by atoms with Crippen molar-refractivity contribution >= 4 is 39.1 Å². The van der Waals surface area contributed by atoms with E-state index >= 15 is 0 Å². The molecule has 270 valence electrons. The summed E-state index contributed by atoms with van der Waals surface area (Å²) >= 11 is 6.43. The first-order chi connectivity index (χ1) is 24.0. The van der Waals surface area contributed by atoms with Crippen molar-refractivity contribution in [2.75, 3.05) is 37.5 Å². The van der Waals surface area contributed by atoms with Gasteiger partial charge in [-0.05, 0) is 104 Å². The van der Waals surface area contributed by atoms with Crippen LogP contribution in [-0.2, 0) is 26.5 Å². The minimum atomic E-state index is -3.64. The standard InChI is InChI=1S/C37H45ClF2N4O5S/c1-22-5-3-7-32(48-2)27-11-8-25(27)18-44-20-37(14-4-6-23-15-26(38)10-12-29(23)37)21-49-33-13-9-24(16-31(33)44)35(45)42-50(47,19-22)43-36(46)41-30-17-28(30)34(39)40/h3,7,9-10,12-13,15-16,22,25,27-28,30,32,34H,4-6,8,11,14,17-21H2,1-2H3,(H2,41,42,43,45,46,47)/b7-3+/t22-,25-,27+,28-,30-,32-,37-,50-/m0/s1. The second kappa shape index (κ2) is 14.1. The number of allylic oxidation sites excluding steroid dienone is 1.